The Balaban J connectivity index is 3.24. The molecular formula is C8H7ClIO. The monoisotopic (exact) mass is 281 g/mol. The van der Waals surface area contributed by atoms with Gasteiger partial charge in [-0.1, -0.05) is 11.6 Å². The first-order chi connectivity index (χ1) is 5.15. The van der Waals surface area contributed by atoms with Gasteiger partial charge in [0, 0.05) is 3.57 Å². The standard InChI is InChI=1S/C8H7ClIO/c1-5-3-6(10)8(9)7(4-5)11-2/h3-4H,1H2,2H3. The van der Waals surface area contributed by atoms with Crippen molar-refractivity contribution in [1.29, 1.82) is 0 Å². The van der Waals surface area contributed by atoms with Crippen LogP contribution in [0.1, 0.15) is 5.56 Å². The first kappa shape index (κ1) is 9.13. The Labute approximate surface area is 84.8 Å². The predicted octanol–water partition coefficient (Wildman–Crippen LogP) is 3.14. The van der Waals surface area contributed by atoms with Gasteiger partial charge in [-0.15, -0.1) is 0 Å². The van der Waals surface area contributed by atoms with Crippen molar-refractivity contribution < 1.29 is 4.74 Å². The van der Waals surface area contributed by atoms with E-state index < -0.39 is 0 Å². The lowest BCUT2D eigenvalue weighted by Crippen LogP contribution is -1.87. The van der Waals surface area contributed by atoms with Crippen LogP contribution in [0.2, 0.25) is 5.02 Å². The minimum Gasteiger partial charge on any atom is -0.495 e. The summed E-state index contributed by atoms with van der Waals surface area (Å²) in [5, 5.41) is 0.653. The number of benzene rings is 1. The fourth-order valence-electron chi connectivity index (χ4n) is 0.766. The topological polar surface area (TPSA) is 9.23 Å². The highest BCUT2D eigenvalue weighted by atomic mass is 127. The Morgan fingerprint density at radius 3 is 2.73 bits per heavy atom. The van der Waals surface area contributed by atoms with Crippen molar-refractivity contribution in [2.75, 3.05) is 7.11 Å². The van der Waals surface area contributed by atoms with E-state index >= 15 is 0 Å². The summed E-state index contributed by atoms with van der Waals surface area (Å²) in [6.07, 6.45) is 0. The number of rotatable bonds is 1. The summed E-state index contributed by atoms with van der Waals surface area (Å²) < 4.78 is 6.00. The summed E-state index contributed by atoms with van der Waals surface area (Å²) in [6.45, 7) is 3.79. The molecule has 0 atom stereocenters. The van der Waals surface area contributed by atoms with Gasteiger partial charge in [-0.25, -0.2) is 0 Å². The Hall–Kier alpha value is 0.0400. The second-order valence-corrected chi connectivity index (χ2v) is 3.63. The van der Waals surface area contributed by atoms with Gasteiger partial charge in [-0.2, -0.15) is 0 Å². The molecule has 0 amide bonds. The van der Waals surface area contributed by atoms with Gasteiger partial charge in [-0.05, 0) is 47.2 Å². The first-order valence-electron chi connectivity index (χ1n) is 3.00. The van der Waals surface area contributed by atoms with Gasteiger partial charge in [0.05, 0.1) is 12.1 Å². The van der Waals surface area contributed by atoms with E-state index in [2.05, 4.69) is 29.5 Å². The molecule has 0 spiro atoms. The van der Waals surface area contributed by atoms with Gasteiger partial charge in [0.25, 0.3) is 0 Å². The summed E-state index contributed by atoms with van der Waals surface area (Å²) in [5.41, 5.74) is 0.913. The van der Waals surface area contributed by atoms with Crippen LogP contribution in [0.25, 0.3) is 0 Å². The third-order valence-corrected chi connectivity index (χ3v) is 2.83. The van der Waals surface area contributed by atoms with Gasteiger partial charge in [0.1, 0.15) is 5.75 Å². The molecule has 11 heavy (non-hydrogen) atoms. The minimum absolute atomic E-state index is 0.653. The minimum atomic E-state index is 0.653. The van der Waals surface area contributed by atoms with Crippen LogP contribution in [-0.2, 0) is 0 Å². The highest BCUT2D eigenvalue weighted by Gasteiger charge is 2.04. The Morgan fingerprint density at radius 2 is 2.18 bits per heavy atom. The van der Waals surface area contributed by atoms with E-state index in [1.165, 1.54) is 0 Å². The van der Waals surface area contributed by atoms with Crippen molar-refractivity contribution in [1.82, 2.24) is 0 Å². The zero-order valence-corrected chi connectivity index (χ0v) is 8.94. The number of halogens is 2. The number of hydrogen-bond donors (Lipinski definition) is 0. The molecule has 1 nitrogen and oxygen atoms in total. The van der Waals surface area contributed by atoms with Crippen molar-refractivity contribution in [2.45, 2.75) is 0 Å². The average Bonchev–Trinajstić information content (AvgIpc) is 1.96. The molecule has 1 radical (unpaired) electrons. The van der Waals surface area contributed by atoms with Crippen LogP contribution in [0.5, 0.6) is 5.75 Å². The SMILES string of the molecule is [CH2]c1cc(I)c(Cl)c(OC)c1. The summed E-state index contributed by atoms with van der Waals surface area (Å²) >= 11 is 8.05. The molecule has 0 unspecified atom stereocenters. The molecule has 0 aromatic heterocycles. The Kier molecular flexibility index (Phi) is 3.01. The smallest absolute Gasteiger partial charge is 0.138 e. The second kappa shape index (κ2) is 3.63. The van der Waals surface area contributed by atoms with Crippen molar-refractivity contribution in [3.8, 4) is 5.75 Å². The number of methoxy groups -OCH3 is 1. The maximum atomic E-state index is 5.91. The van der Waals surface area contributed by atoms with Crippen LogP contribution < -0.4 is 4.74 Å². The van der Waals surface area contributed by atoms with Crippen molar-refractivity contribution in [3.63, 3.8) is 0 Å². The van der Waals surface area contributed by atoms with E-state index in [1.807, 2.05) is 12.1 Å². The molecule has 0 saturated heterocycles. The summed E-state index contributed by atoms with van der Waals surface area (Å²) in [7, 11) is 1.59. The van der Waals surface area contributed by atoms with Gasteiger partial charge in [0.15, 0.2) is 0 Å². The fraction of sp³-hybridized carbons (Fsp3) is 0.125. The highest BCUT2D eigenvalue weighted by molar-refractivity contribution is 14.1. The van der Waals surface area contributed by atoms with E-state index in [-0.39, 0.29) is 0 Å². The predicted molar refractivity (Wildman–Crippen MR) is 55.2 cm³/mol. The van der Waals surface area contributed by atoms with E-state index in [0.717, 1.165) is 9.13 Å². The molecule has 0 saturated carbocycles. The van der Waals surface area contributed by atoms with Crippen molar-refractivity contribution in [2.24, 2.45) is 0 Å². The lowest BCUT2D eigenvalue weighted by atomic mass is 10.2. The van der Waals surface area contributed by atoms with Gasteiger partial charge < -0.3 is 4.74 Å². The molecule has 1 aromatic rings. The number of ether oxygens (including phenoxy) is 1. The first-order valence-corrected chi connectivity index (χ1v) is 4.46. The quantitative estimate of drug-likeness (QED) is 0.719. The van der Waals surface area contributed by atoms with E-state index in [0.29, 0.717) is 10.8 Å². The lowest BCUT2D eigenvalue weighted by molar-refractivity contribution is 0.414. The van der Waals surface area contributed by atoms with Crippen LogP contribution in [0, 0.1) is 10.5 Å². The van der Waals surface area contributed by atoms with Gasteiger partial charge in [0.2, 0.25) is 0 Å². The molecule has 0 aliphatic rings. The molecule has 0 fully saturated rings. The number of hydrogen-bond acceptors (Lipinski definition) is 1. The molecule has 0 aliphatic carbocycles. The van der Waals surface area contributed by atoms with Crippen LogP contribution in [-0.4, -0.2) is 7.11 Å². The largest absolute Gasteiger partial charge is 0.495 e. The van der Waals surface area contributed by atoms with Gasteiger partial charge in [-0.3, -0.25) is 0 Å². The van der Waals surface area contributed by atoms with Crippen LogP contribution in [0.15, 0.2) is 12.1 Å². The Morgan fingerprint density at radius 1 is 1.55 bits per heavy atom. The molecule has 0 aliphatic heterocycles. The van der Waals surface area contributed by atoms with Crippen LogP contribution in [0.3, 0.4) is 0 Å². The summed E-state index contributed by atoms with van der Waals surface area (Å²) in [6, 6.07) is 3.72. The Bertz CT molecular complexity index is 273. The molecule has 1 rings (SSSR count). The normalized spacial score (nSPS) is 9.82. The van der Waals surface area contributed by atoms with E-state index in [4.69, 9.17) is 16.3 Å². The molecule has 0 heterocycles. The van der Waals surface area contributed by atoms with Crippen LogP contribution >= 0.6 is 34.2 Å². The zero-order valence-electron chi connectivity index (χ0n) is 6.03. The van der Waals surface area contributed by atoms with E-state index in [1.54, 1.807) is 7.11 Å². The third-order valence-electron chi connectivity index (χ3n) is 1.27. The van der Waals surface area contributed by atoms with Crippen molar-refractivity contribution in [3.05, 3.63) is 33.2 Å². The van der Waals surface area contributed by atoms with Gasteiger partial charge >= 0.3 is 0 Å². The van der Waals surface area contributed by atoms with E-state index in [9.17, 15) is 0 Å². The molecular weight excluding hydrogens is 274 g/mol. The molecule has 0 N–H and O–H groups in total. The maximum Gasteiger partial charge on any atom is 0.138 e. The maximum absolute atomic E-state index is 5.91. The average molecular weight is 282 g/mol. The fourth-order valence-corrected chi connectivity index (χ4v) is 1.62. The summed E-state index contributed by atoms with van der Waals surface area (Å²) in [5.74, 6) is 0.684. The molecule has 3 heteroatoms. The van der Waals surface area contributed by atoms with Crippen molar-refractivity contribution >= 4 is 34.2 Å². The zero-order chi connectivity index (χ0) is 8.43. The molecule has 0 bridgehead atoms. The molecule has 59 valence electrons. The second-order valence-electron chi connectivity index (χ2n) is 2.09. The summed E-state index contributed by atoms with van der Waals surface area (Å²) in [4.78, 5) is 0. The molecule has 1 aromatic carbocycles. The highest BCUT2D eigenvalue weighted by Crippen LogP contribution is 2.30. The lowest BCUT2D eigenvalue weighted by Gasteiger charge is -2.05. The third kappa shape index (κ3) is 1.99. The van der Waals surface area contributed by atoms with Crippen LogP contribution in [0.4, 0.5) is 0 Å².